The summed E-state index contributed by atoms with van der Waals surface area (Å²) < 4.78 is 16.6. The molecule has 0 bridgehead atoms. The number of halogens is 1. The van der Waals surface area contributed by atoms with Crippen molar-refractivity contribution in [1.82, 2.24) is 39.4 Å². The molecule has 10 aromatic rings. The van der Waals surface area contributed by atoms with Crippen molar-refractivity contribution in [2.75, 3.05) is 0 Å². The summed E-state index contributed by atoms with van der Waals surface area (Å²) >= 11 is 2.40. The minimum atomic E-state index is -1.44. The molecule has 0 amide bonds. The maximum Gasteiger partial charge on any atom is 1.00 e. The second-order valence-corrected chi connectivity index (χ2v) is 19.1. The Hall–Kier alpha value is -2.69. The van der Waals surface area contributed by atoms with Gasteiger partial charge in [0.25, 0.3) is 6.47 Å². The maximum atomic E-state index is 9.23. The molecule has 0 atom stereocenters. The van der Waals surface area contributed by atoms with Crippen LogP contribution in [0.4, 0.5) is 0 Å². The first-order chi connectivity index (χ1) is 34.7. The van der Waals surface area contributed by atoms with Gasteiger partial charge >= 0.3 is 145 Å². The van der Waals surface area contributed by atoms with E-state index in [1.165, 1.54) is 68.6 Å². The molecule has 6 aromatic heterocycles. The Balaban J connectivity index is 0.000000206. The topological polar surface area (TPSA) is 203 Å². The Bertz CT molecular complexity index is 3570. The minimum absolute atomic E-state index is 0. The first-order valence-electron chi connectivity index (χ1n) is 24.0. The van der Waals surface area contributed by atoms with Crippen LogP contribution in [-0.2, 0) is 23.8 Å². The van der Waals surface area contributed by atoms with Crippen LogP contribution in [-0.4, -0.2) is 63.0 Å². The molecule has 2 aliphatic carbocycles. The smallest absolute Gasteiger partial charge is 1.00 e. The maximum absolute atomic E-state index is 9.23. The van der Waals surface area contributed by atoms with E-state index in [0.29, 0.717) is 17.3 Å². The third-order valence-corrected chi connectivity index (χ3v) is 13.9. The van der Waals surface area contributed by atoms with Gasteiger partial charge in [-0.2, -0.15) is 0 Å². The van der Waals surface area contributed by atoms with Gasteiger partial charge in [0.15, 0.2) is 0 Å². The van der Waals surface area contributed by atoms with Gasteiger partial charge in [-0.15, -0.1) is 0 Å². The van der Waals surface area contributed by atoms with Crippen molar-refractivity contribution in [1.29, 1.82) is 0 Å². The number of carbonyl (C=O) groups excluding carboxylic acids is 1. The van der Waals surface area contributed by atoms with Crippen LogP contribution in [0.1, 0.15) is 98.5 Å². The average Bonchev–Trinajstić information content (AvgIpc) is 4.29. The number of aromatic nitrogens is 8. The molecule has 6 heterocycles. The van der Waals surface area contributed by atoms with Crippen LogP contribution in [0.3, 0.4) is 0 Å². The molecule has 2 saturated carbocycles. The fourth-order valence-electron chi connectivity index (χ4n) is 9.61. The summed E-state index contributed by atoms with van der Waals surface area (Å²) in [5.41, 5.74) is 17.5. The molecule has 0 saturated heterocycles. The summed E-state index contributed by atoms with van der Waals surface area (Å²) in [4.78, 5) is 30.0. The zero-order chi connectivity index (χ0) is 51.5. The Labute approximate surface area is 563 Å². The molecule has 4 aromatic carbocycles. The molecule has 2 fully saturated rings. The molecule has 0 aliphatic heterocycles. The number of rotatable bonds is 7. The molecule has 19 heteroatoms. The van der Waals surface area contributed by atoms with Crippen LogP contribution in [0.5, 0.6) is 0 Å². The summed E-state index contributed by atoms with van der Waals surface area (Å²) in [6, 6.07) is 24.6. The third-order valence-electron chi connectivity index (χ3n) is 13.1. The first-order valence-corrected chi connectivity index (χ1v) is 25.1. The molecule has 2 aliphatic rings. The normalized spacial score (nSPS) is 12.5. The monoisotopic (exact) mass is 1350 g/mol. The van der Waals surface area contributed by atoms with Crippen LogP contribution in [0.25, 0.3) is 77.3 Å². The van der Waals surface area contributed by atoms with E-state index in [1.807, 2.05) is 78.9 Å². The molecule has 2 N–H and O–H groups in total. The second-order valence-electron chi connectivity index (χ2n) is 18.0. The van der Waals surface area contributed by atoms with Gasteiger partial charge in [0.2, 0.25) is 0 Å². The van der Waals surface area contributed by atoms with Crippen LogP contribution in [0, 0.1) is 45.1 Å². The van der Waals surface area contributed by atoms with Crippen LogP contribution in [0.2, 0.25) is 0 Å². The van der Waals surface area contributed by atoms with Crippen LogP contribution in [0.15, 0.2) is 94.2 Å². The number of pyridine rings is 2. The van der Waals surface area contributed by atoms with E-state index in [1.54, 1.807) is 12.3 Å². The quantitative estimate of drug-likeness (QED) is 0.0750. The standard InChI is InChI=1S/C26H24N4O.C16H16IN3O.C10H10BNO2.C2H6.CH2O3.2Cs.H/c1-14-7-10-21-19(6-5-11-27-21)23(14)20-12-18(24-15(2)29-31-16(24)3)13-22-25(20)30(4)26(28-22)17-8-9-17;1-8-14(9(2)21-19-8)11-6-12(17)15-13(7-11)18-16(20(15)3)10-4-5-10;1-7-4-5-9-8(3-2-6-12-9)10(7)11(13)14;1-2;2-1-4-3;;;/h5-7,10-13,17H,8-9H2,1-4H3;6-7,10H,4-5H2,1-3H3;2-6,13-14H,1H3;1-2H3;1,3H;;;/q;;;;;2*+1;-1/p-1. The number of fused-ring (bicyclic) bond motifs is 4. The fraction of sp³-hybridized carbons (Fsp3) is 0.291. The predicted octanol–water partition coefficient (Wildman–Crippen LogP) is 4.38. The van der Waals surface area contributed by atoms with Crippen LogP contribution >= 0.6 is 22.6 Å². The van der Waals surface area contributed by atoms with E-state index >= 15 is 0 Å². The van der Waals surface area contributed by atoms with Gasteiger partial charge in [-0.25, -0.2) is 9.97 Å². The van der Waals surface area contributed by atoms with Gasteiger partial charge in [0.1, 0.15) is 23.2 Å². The molecule has 0 spiro atoms. The third kappa shape index (κ3) is 12.9. The average molecular weight is 1350 g/mol. The van der Waals surface area contributed by atoms with Gasteiger partial charge in [0, 0.05) is 69.4 Å². The number of imidazole rings is 2. The number of benzene rings is 4. The first kappa shape index (κ1) is 60.5. The molecule has 12 rings (SSSR count). The van der Waals surface area contributed by atoms with Gasteiger partial charge in [-0.05, 0) is 166 Å². The second kappa shape index (κ2) is 26.8. The van der Waals surface area contributed by atoms with Crippen molar-refractivity contribution in [3.8, 4) is 33.4 Å². The van der Waals surface area contributed by atoms with Gasteiger partial charge < -0.3 is 39.8 Å². The van der Waals surface area contributed by atoms with Crippen molar-refractivity contribution in [2.24, 2.45) is 14.1 Å². The van der Waals surface area contributed by atoms with Gasteiger partial charge in [-0.1, -0.05) is 54.0 Å². The molecule has 74 heavy (non-hydrogen) atoms. The predicted molar refractivity (Wildman–Crippen MR) is 289 cm³/mol. The Kier molecular flexibility index (Phi) is 21.9. The number of aryl methyl sites for hydroxylation is 8. The Morgan fingerprint density at radius 2 is 1.14 bits per heavy atom. The van der Waals surface area contributed by atoms with E-state index in [2.05, 4.69) is 120 Å². The fourth-order valence-corrected chi connectivity index (χ4v) is 10.6. The van der Waals surface area contributed by atoms with E-state index in [4.69, 9.17) is 29.1 Å². The molecular weight excluding hydrogens is 1290 g/mol. The largest absolute Gasteiger partial charge is 1.00 e. The minimum Gasteiger partial charge on any atom is -1.00 e. The van der Waals surface area contributed by atoms with Crippen molar-refractivity contribution in [3.63, 3.8) is 0 Å². The molecule has 0 unspecified atom stereocenters. The summed E-state index contributed by atoms with van der Waals surface area (Å²) in [5.74, 6) is 5.32. The number of hydrogen-bond acceptors (Lipinski definition) is 13. The van der Waals surface area contributed by atoms with Crippen molar-refractivity contribution in [2.45, 2.75) is 92.9 Å². The number of carbonyl (C=O) groups is 1. The number of nitrogens with zero attached hydrogens (tertiary/aromatic N) is 8. The van der Waals surface area contributed by atoms with E-state index in [9.17, 15) is 10.0 Å². The summed E-state index contributed by atoms with van der Waals surface area (Å²) in [5, 5.41) is 37.1. The molecule has 15 nitrogen and oxygen atoms in total. The Morgan fingerprint density at radius 3 is 1.61 bits per heavy atom. The van der Waals surface area contributed by atoms with E-state index < -0.39 is 7.12 Å². The molecule has 372 valence electrons. The van der Waals surface area contributed by atoms with E-state index in [-0.39, 0.29) is 146 Å². The molecule has 0 radical (unpaired) electrons. The zero-order valence-electron chi connectivity index (χ0n) is 45.1. The Morgan fingerprint density at radius 1 is 0.676 bits per heavy atom. The SMILES string of the molecule is CC.Cc1ccc2ncccc2c1-c1cc(-c2c(C)noc2C)cc2nc(C3CC3)n(C)c12.Cc1ccc2ncccc2c1B(O)O.Cc1noc(C)c1-c1cc(I)c2c(c1)nc(C1CC1)n2C.O=CO[O-].[Cs+].[Cs+].[H-]. The van der Waals surface area contributed by atoms with Gasteiger partial charge in [0.05, 0.1) is 44.5 Å². The van der Waals surface area contributed by atoms with Crippen LogP contribution < -0.4 is 149 Å². The van der Waals surface area contributed by atoms with Gasteiger partial charge in [-0.3, -0.25) is 14.8 Å². The zero-order valence-corrected chi connectivity index (χ0v) is 58.8. The van der Waals surface area contributed by atoms with Crippen molar-refractivity contribution < 1.29 is 173 Å². The van der Waals surface area contributed by atoms with Crippen molar-refractivity contribution in [3.05, 3.63) is 134 Å². The number of hydrogen-bond donors (Lipinski definition) is 2. The van der Waals surface area contributed by atoms with E-state index in [0.717, 1.165) is 83.6 Å². The molecular formula is C55H58BCs2IN8O7. The summed E-state index contributed by atoms with van der Waals surface area (Å²) in [6.45, 7) is 15.8. The summed E-state index contributed by atoms with van der Waals surface area (Å²) in [6.07, 6.45) is 8.52. The summed E-state index contributed by atoms with van der Waals surface area (Å²) in [7, 11) is 2.84. The van der Waals surface area contributed by atoms with Crippen molar-refractivity contribution >= 4 is 85.5 Å².